The zero-order valence-corrected chi connectivity index (χ0v) is 18.8. The van der Waals surface area contributed by atoms with Crippen LogP contribution in [0.5, 0.6) is 0 Å². The lowest BCUT2D eigenvalue weighted by atomic mass is 9.84. The van der Waals surface area contributed by atoms with Crippen LogP contribution in [0.25, 0.3) is 11.0 Å². The molecule has 2 amide bonds. The normalized spacial score (nSPS) is 15.7. The zero-order chi connectivity index (χ0) is 24.4. The van der Waals surface area contributed by atoms with Crippen molar-refractivity contribution in [1.82, 2.24) is 14.5 Å². The monoisotopic (exact) mass is 479 g/mol. The summed E-state index contributed by atoms with van der Waals surface area (Å²) in [4.78, 5) is 21.3. The van der Waals surface area contributed by atoms with Gasteiger partial charge in [0.05, 0.1) is 23.8 Å². The van der Waals surface area contributed by atoms with Crippen LogP contribution in [0.15, 0.2) is 67.1 Å². The third-order valence-electron chi connectivity index (χ3n) is 6.30. The van der Waals surface area contributed by atoms with Gasteiger partial charge < -0.3 is 15.2 Å². The average molecular weight is 480 g/mol. The summed E-state index contributed by atoms with van der Waals surface area (Å²) in [5, 5.41) is 5.97. The Morgan fingerprint density at radius 2 is 1.80 bits per heavy atom. The summed E-state index contributed by atoms with van der Waals surface area (Å²) in [5.74, 6) is -3.09. The molecule has 0 radical (unpaired) electrons. The van der Waals surface area contributed by atoms with Crippen LogP contribution in [0.2, 0.25) is 0 Å². The van der Waals surface area contributed by atoms with Crippen LogP contribution in [0.1, 0.15) is 42.9 Å². The van der Waals surface area contributed by atoms with Crippen LogP contribution in [0.3, 0.4) is 0 Å². The van der Waals surface area contributed by atoms with Gasteiger partial charge in [-0.25, -0.2) is 22.9 Å². The van der Waals surface area contributed by atoms with Crippen LogP contribution in [-0.2, 0) is 6.54 Å². The van der Waals surface area contributed by atoms with E-state index in [1.165, 1.54) is 12.3 Å². The Morgan fingerprint density at radius 1 is 1.03 bits per heavy atom. The van der Waals surface area contributed by atoms with E-state index in [0.29, 0.717) is 41.8 Å². The molecular formula is C26H24F3N5O. The van der Waals surface area contributed by atoms with Crippen molar-refractivity contribution in [2.75, 3.05) is 10.6 Å². The topological polar surface area (TPSA) is 71.8 Å². The first-order valence-electron chi connectivity index (χ1n) is 11.5. The number of hydrogen-bond acceptors (Lipinski definition) is 3. The molecule has 2 N–H and O–H groups in total. The molecule has 3 heterocycles. The lowest BCUT2D eigenvalue weighted by molar-refractivity contribution is -0.0384. The number of hydrogen-bond donors (Lipinski definition) is 2. The summed E-state index contributed by atoms with van der Waals surface area (Å²) in [5.41, 5.74) is 3.23. The largest absolute Gasteiger partial charge is 0.326 e. The number of rotatable bonds is 5. The molecule has 180 valence electrons. The molecule has 35 heavy (non-hydrogen) atoms. The number of carbonyl (C=O) groups excluding carboxylic acids is 1. The van der Waals surface area contributed by atoms with Gasteiger partial charge in [-0.3, -0.25) is 4.98 Å². The standard InChI is InChI=1S/C26H24F3N5O/c27-19-12-21-23(16-34(24(21)31-13-19)15-17-4-2-1-3-5-17)33-25(35)32-20-6-7-22(30-14-20)18-8-10-26(28,29)11-9-18/h1-7,12-14,16,18H,8-11,15H2,(H2,32,33,35). The minimum atomic E-state index is -2.58. The maximum Gasteiger partial charge on any atom is 0.323 e. The second-order valence-corrected chi connectivity index (χ2v) is 8.86. The molecule has 1 fully saturated rings. The molecular weight excluding hydrogens is 455 g/mol. The van der Waals surface area contributed by atoms with Crippen molar-refractivity contribution in [2.24, 2.45) is 0 Å². The summed E-state index contributed by atoms with van der Waals surface area (Å²) in [6.45, 7) is 0.512. The van der Waals surface area contributed by atoms with E-state index in [2.05, 4.69) is 20.6 Å². The third-order valence-corrected chi connectivity index (χ3v) is 6.30. The first-order valence-corrected chi connectivity index (χ1v) is 11.5. The van der Waals surface area contributed by atoms with Crippen LogP contribution in [0.4, 0.5) is 29.3 Å². The summed E-state index contributed by atoms with van der Waals surface area (Å²) in [6.07, 6.45) is 4.92. The van der Waals surface area contributed by atoms with Gasteiger partial charge in [0.1, 0.15) is 11.5 Å². The number of alkyl halides is 2. The first-order chi connectivity index (χ1) is 16.9. The quantitative estimate of drug-likeness (QED) is 0.341. The Balaban J connectivity index is 1.28. The molecule has 3 aromatic heterocycles. The molecule has 1 saturated carbocycles. The number of nitrogens with zero attached hydrogens (tertiary/aromatic N) is 3. The number of halogens is 3. The van der Waals surface area contributed by atoms with Gasteiger partial charge in [-0.1, -0.05) is 30.3 Å². The maximum absolute atomic E-state index is 13.9. The minimum absolute atomic E-state index is 0.00404. The van der Waals surface area contributed by atoms with Gasteiger partial charge in [0.15, 0.2) is 0 Å². The number of anilines is 2. The van der Waals surface area contributed by atoms with Crippen molar-refractivity contribution in [1.29, 1.82) is 0 Å². The highest BCUT2D eigenvalue weighted by molar-refractivity contribution is 6.05. The van der Waals surface area contributed by atoms with Crippen molar-refractivity contribution in [3.05, 3.63) is 84.2 Å². The Bertz CT molecular complexity index is 1330. The number of aromatic nitrogens is 3. The highest BCUT2D eigenvalue weighted by Crippen LogP contribution is 2.40. The second kappa shape index (κ2) is 9.40. The second-order valence-electron chi connectivity index (χ2n) is 8.86. The number of fused-ring (bicyclic) bond motifs is 1. The molecule has 1 aliphatic carbocycles. The van der Waals surface area contributed by atoms with Gasteiger partial charge in [0.2, 0.25) is 5.92 Å². The molecule has 6 nitrogen and oxygen atoms in total. The van der Waals surface area contributed by atoms with Crippen molar-refractivity contribution >= 4 is 28.4 Å². The van der Waals surface area contributed by atoms with E-state index in [1.54, 1.807) is 18.3 Å². The molecule has 1 aromatic carbocycles. The zero-order valence-electron chi connectivity index (χ0n) is 18.8. The number of benzene rings is 1. The van der Waals surface area contributed by atoms with Crippen molar-refractivity contribution in [3.63, 3.8) is 0 Å². The van der Waals surface area contributed by atoms with Gasteiger partial charge >= 0.3 is 6.03 Å². The van der Waals surface area contributed by atoms with E-state index < -0.39 is 17.8 Å². The fourth-order valence-corrected chi connectivity index (χ4v) is 4.49. The molecule has 0 aliphatic heterocycles. The van der Waals surface area contributed by atoms with E-state index in [-0.39, 0.29) is 18.8 Å². The molecule has 4 aromatic rings. The number of pyridine rings is 2. The Hall–Kier alpha value is -3.88. The number of carbonyl (C=O) groups is 1. The smallest absolute Gasteiger partial charge is 0.323 e. The van der Waals surface area contributed by atoms with Gasteiger partial charge in [-0.2, -0.15) is 0 Å². The lowest BCUT2D eigenvalue weighted by Crippen LogP contribution is -2.24. The molecule has 1 aliphatic rings. The van der Waals surface area contributed by atoms with Gasteiger partial charge in [0.25, 0.3) is 0 Å². The SMILES string of the molecule is O=C(Nc1ccc(C2CCC(F)(F)CC2)nc1)Nc1cn(Cc2ccccc2)c2ncc(F)cc12. The predicted octanol–water partition coefficient (Wildman–Crippen LogP) is 6.56. The molecule has 0 atom stereocenters. The van der Waals surface area contributed by atoms with E-state index in [1.807, 2.05) is 34.9 Å². The summed E-state index contributed by atoms with van der Waals surface area (Å²) in [6, 6.07) is 14.0. The van der Waals surface area contributed by atoms with E-state index in [0.717, 1.165) is 17.5 Å². The van der Waals surface area contributed by atoms with Crippen LogP contribution in [-0.4, -0.2) is 26.5 Å². The summed E-state index contributed by atoms with van der Waals surface area (Å²) in [7, 11) is 0. The van der Waals surface area contributed by atoms with E-state index in [4.69, 9.17) is 0 Å². The molecule has 5 rings (SSSR count). The fraction of sp³-hybridized carbons (Fsp3) is 0.269. The minimum Gasteiger partial charge on any atom is -0.326 e. The fourth-order valence-electron chi connectivity index (χ4n) is 4.49. The predicted molar refractivity (Wildman–Crippen MR) is 128 cm³/mol. The van der Waals surface area contributed by atoms with Crippen molar-refractivity contribution in [2.45, 2.75) is 44.1 Å². The molecule has 0 unspecified atom stereocenters. The third kappa shape index (κ3) is 5.29. The Labute approximate surface area is 200 Å². The first kappa shape index (κ1) is 22.9. The molecule has 0 saturated heterocycles. The molecule has 9 heteroatoms. The van der Waals surface area contributed by atoms with Crippen molar-refractivity contribution in [3.8, 4) is 0 Å². The number of amides is 2. The van der Waals surface area contributed by atoms with Crippen LogP contribution < -0.4 is 10.6 Å². The molecule has 0 bridgehead atoms. The van der Waals surface area contributed by atoms with E-state index in [9.17, 15) is 18.0 Å². The Kier molecular flexibility index (Phi) is 6.15. The van der Waals surface area contributed by atoms with Gasteiger partial charge in [-0.05, 0) is 36.6 Å². The van der Waals surface area contributed by atoms with Gasteiger partial charge in [0, 0.05) is 42.6 Å². The number of urea groups is 1. The summed E-state index contributed by atoms with van der Waals surface area (Å²) < 4.78 is 42.6. The maximum atomic E-state index is 13.9. The summed E-state index contributed by atoms with van der Waals surface area (Å²) >= 11 is 0. The molecule has 0 spiro atoms. The number of nitrogens with one attached hydrogen (secondary N) is 2. The van der Waals surface area contributed by atoms with Crippen LogP contribution in [0, 0.1) is 5.82 Å². The highest BCUT2D eigenvalue weighted by atomic mass is 19.3. The Morgan fingerprint density at radius 3 is 2.51 bits per heavy atom. The highest BCUT2D eigenvalue weighted by Gasteiger charge is 2.35. The van der Waals surface area contributed by atoms with Gasteiger partial charge in [-0.15, -0.1) is 0 Å². The van der Waals surface area contributed by atoms with E-state index >= 15 is 0 Å². The average Bonchev–Trinajstić information content (AvgIpc) is 3.16. The van der Waals surface area contributed by atoms with Crippen LogP contribution >= 0.6 is 0 Å². The lowest BCUT2D eigenvalue weighted by Gasteiger charge is -2.27. The van der Waals surface area contributed by atoms with Crippen molar-refractivity contribution < 1.29 is 18.0 Å².